The molecule has 0 radical (unpaired) electrons. The molecule has 0 aromatic heterocycles. The second-order valence-corrected chi connectivity index (χ2v) is 3.92. The molecule has 82 valence electrons. The molecule has 0 bridgehead atoms. The van der Waals surface area contributed by atoms with Crippen molar-refractivity contribution in [3.05, 3.63) is 35.9 Å². The van der Waals surface area contributed by atoms with Crippen molar-refractivity contribution < 1.29 is 47.9 Å². The van der Waals surface area contributed by atoms with Gasteiger partial charge in [-0.1, -0.05) is 41.4 Å². The normalized spacial score (nSPS) is 11.3. The molecule has 0 aliphatic heterocycles. The van der Waals surface area contributed by atoms with Crippen molar-refractivity contribution in [3.8, 4) is 0 Å². The molecular weight excluding hydrogens is 239 g/mol. The standard InChI is InChI=1S/C10H12O4S.Na/c11-10(6-7-15(12)13)14-8-9-4-2-1-3-5-9;/h1-5H,6-8H2,(H,12,13);/q;+1/p-1. The topological polar surface area (TPSA) is 66.4 Å². The van der Waals surface area contributed by atoms with Gasteiger partial charge in [0.2, 0.25) is 0 Å². The Morgan fingerprint density at radius 1 is 1.31 bits per heavy atom. The Balaban J connectivity index is 0.00000225. The third-order valence-electron chi connectivity index (χ3n) is 1.72. The Bertz CT molecular complexity index is 342. The van der Waals surface area contributed by atoms with Crippen LogP contribution in [0.3, 0.4) is 0 Å². The Hall–Kier alpha value is -0.200. The Kier molecular flexibility index (Phi) is 8.78. The molecule has 0 spiro atoms. The third kappa shape index (κ3) is 7.14. The van der Waals surface area contributed by atoms with Gasteiger partial charge in [-0.15, -0.1) is 0 Å². The molecule has 1 atom stereocenters. The van der Waals surface area contributed by atoms with Crippen LogP contribution >= 0.6 is 0 Å². The summed E-state index contributed by atoms with van der Waals surface area (Å²) in [5.74, 6) is -0.684. The Morgan fingerprint density at radius 2 is 1.94 bits per heavy atom. The number of benzene rings is 1. The van der Waals surface area contributed by atoms with E-state index in [9.17, 15) is 13.6 Å². The van der Waals surface area contributed by atoms with Gasteiger partial charge in [0.15, 0.2) is 0 Å². The van der Waals surface area contributed by atoms with Crippen molar-refractivity contribution in [3.63, 3.8) is 0 Å². The summed E-state index contributed by atoms with van der Waals surface area (Å²) in [5.41, 5.74) is 0.883. The average Bonchev–Trinajstić information content (AvgIpc) is 2.25. The van der Waals surface area contributed by atoms with Gasteiger partial charge in [-0.25, -0.2) is 0 Å². The molecule has 0 heterocycles. The number of hydrogen-bond acceptors (Lipinski definition) is 4. The summed E-state index contributed by atoms with van der Waals surface area (Å²) in [4.78, 5) is 11.0. The number of rotatable bonds is 5. The molecule has 1 aromatic carbocycles. The van der Waals surface area contributed by atoms with E-state index < -0.39 is 17.0 Å². The Morgan fingerprint density at radius 3 is 2.50 bits per heavy atom. The van der Waals surface area contributed by atoms with Gasteiger partial charge >= 0.3 is 35.5 Å². The molecule has 1 aromatic rings. The SMILES string of the molecule is O=C(CCS(=O)[O-])OCc1ccccc1.[Na+]. The third-order valence-corrected chi connectivity index (χ3v) is 2.25. The van der Waals surface area contributed by atoms with E-state index in [2.05, 4.69) is 0 Å². The van der Waals surface area contributed by atoms with Crippen molar-refractivity contribution in [2.45, 2.75) is 13.0 Å². The molecule has 16 heavy (non-hydrogen) atoms. The predicted octanol–water partition coefficient (Wildman–Crippen LogP) is -2.00. The fourth-order valence-corrected chi connectivity index (χ4v) is 1.31. The van der Waals surface area contributed by atoms with E-state index >= 15 is 0 Å². The Labute approximate surface area is 119 Å². The summed E-state index contributed by atoms with van der Waals surface area (Å²) >= 11 is -2.19. The first-order valence-electron chi connectivity index (χ1n) is 4.44. The zero-order valence-electron chi connectivity index (χ0n) is 9.05. The maximum absolute atomic E-state index is 11.0. The minimum atomic E-state index is -2.19. The first-order chi connectivity index (χ1) is 7.18. The molecule has 0 aliphatic carbocycles. The van der Waals surface area contributed by atoms with E-state index in [4.69, 9.17) is 4.74 Å². The molecular formula is C10H11NaO4S. The van der Waals surface area contributed by atoms with Gasteiger partial charge in [0.1, 0.15) is 6.61 Å². The van der Waals surface area contributed by atoms with Gasteiger partial charge in [0.25, 0.3) is 0 Å². The van der Waals surface area contributed by atoms with Crippen LogP contribution < -0.4 is 29.6 Å². The molecule has 0 amide bonds. The van der Waals surface area contributed by atoms with Crippen molar-refractivity contribution in [1.82, 2.24) is 0 Å². The zero-order chi connectivity index (χ0) is 11.1. The van der Waals surface area contributed by atoms with Gasteiger partial charge in [-0.3, -0.25) is 9.00 Å². The molecule has 0 fully saturated rings. The summed E-state index contributed by atoms with van der Waals surface area (Å²) in [6.07, 6.45) is -0.0943. The van der Waals surface area contributed by atoms with E-state index in [0.29, 0.717) is 0 Å². The fourth-order valence-electron chi connectivity index (χ4n) is 0.977. The average molecular weight is 250 g/mol. The van der Waals surface area contributed by atoms with Crippen LogP contribution in [-0.4, -0.2) is 20.5 Å². The van der Waals surface area contributed by atoms with Crippen molar-refractivity contribution >= 4 is 17.0 Å². The maximum atomic E-state index is 11.0. The van der Waals surface area contributed by atoms with Crippen LogP contribution in [0.4, 0.5) is 0 Å². The van der Waals surface area contributed by atoms with Crippen LogP contribution in [0.1, 0.15) is 12.0 Å². The predicted molar refractivity (Wildman–Crippen MR) is 54.6 cm³/mol. The van der Waals surface area contributed by atoms with E-state index in [0.717, 1.165) is 5.56 Å². The molecule has 1 rings (SSSR count). The second kappa shape index (κ2) is 8.90. The van der Waals surface area contributed by atoms with Crippen LogP contribution in [-0.2, 0) is 27.2 Å². The second-order valence-electron chi connectivity index (χ2n) is 2.90. The van der Waals surface area contributed by atoms with Crippen LogP contribution in [0.15, 0.2) is 30.3 Å². The van der Waals surface area contributed by atoms with Crippen LogP contribution in [0, 0.1) is 0 Å². The van der Waals surface area contributed by atoms with E-state index in [1.807, 2.05) is 30.3 Å². The van der Waals surface area contributed by atoms with Crippen LogP contribution in [0.25, 0.3) is 0 Å². The van der Waals surface area contributed by atoms with Crippen molar-refractivity contribution in [2.24, 2.45) is 0 Å². The minimum absolute atomic E-state index is 0. The van der Waals surface area contributed by atoms with Gasteiger partial charge in [0.05, 0.1) is 6.42 Å². The van der Waals surface area contributed by atoms with Crippen molar-refractivity contribution in [1.29, 1.82) is 0 Å². The van der Waals surface area contributed by atoms with Gasteiger partial charge in [-0.2, -0.15) is 0 Å². The summed E-state index contributed by atoms with van der Waals surface area (Å²) in [6, 6.07) is 9.22. The fraction of sp³-hybridized carbons (Fsp3) is 0.300. The summed E-state index contributed by atoms with van der Waals surface area (Å²) in [6.45, 7) is 0.186. The van der Waals surface area contributed by atoms with E-state index in [-0.39, 0.29) is 48.3 Å². The largest absolute Gasteiger partial charge is 1.00 e. The first-order valence-corrected chi connectivity index (χ1v) is 5.68. The summed E-state index contributed by atoms with van der Waals surface area (Å²) in [7, 11) is 0. The van der Waals surface area contributed by atoms with E-state index in [1.54, 1.807) is 0 Å². The monoisotopic (exact) mass is 250 g/mol. The molecule has 1 unspecified atom stereocenters. The number of carbonyl (C=O) groups excluding carboxylic acids is 1. The van der Waals surface area contributed by atoms with Crippen LogP contribution in [0.2, 0.25) is 0 Å². The molecule has 0 N–H and O–H groups in total. The van der Waals surface area contributed by atoms with Gasteiger partial charge in [0, 0.05) is 5.75 Å². The number of esters is 1. The molecule has 6 heteroatoms. The number of hydrogen-bond donors (Lipinski definition) is 0. The molecule has 0 saturated carbocycles. The number of ether oxygens (including phenoxy) is 1. The molecule has 4 nitrogen and oxygen atoms in total. The zero-order valence-corrected chi connectivity index (χ0v) is 11.9. The smallest absolute Gasteiger partial charge is 0.772 e. The first kappa shape index (κ1) is 15.8. The van der Waals surface area contributed by atoms with Crippen LogP contribution in [0.5, 0.6) is 0 Å². The molecule has 0 aliphatic rings. The molecule has 0 saturated heterocycles. The maximum Gasteiger partial charge on any atom is 1.00 e. The summed E-state index contributed by atoms with van der Waals surface area (Å²) < 4.78 is 25.2. The summed E-state index contributed by atoms with van der Waals surface area (Å²) in [5, 5.41) is 0. The van der Waals surface area contributed by atoms with Gasteiger partial charge in [-0.05, 0) is 5.56 Å². The minimum Gasteiger partial charge on any atom is -0.772 e. The number of carbonyl (C=O) groups is 1. The van der Waals surface area contributed by atoms with Crippen molar-refractivity contribution in [2.75, 3.05) is 5.75 Å². The van der Waals surface area contributed by atoms with E-state index in [1.165, 1.54) is 0 Å². The quantitative estimate of drug-likeness (QED) is 0.344. The van der Waals surface area contributed by atoms with Gasteiger partial charge < -0.3 is 9.29 Å².